The van der Waals surface area contributed by atoms with E-state index in [2.05, 4.69) is 4.85 Å². The van der Waals surface area contributed by atoms with Crippen LogP contribution in [0.15, 0.2) is 60.0 Å². The lowest BCUT2D eigenvalue weighted by molar-refractivity contribution is -0.119. The second-order valence-electron chi connectivity index (χ2n) is 5.88. The molecule has 0 aromatic heterocycles. The quantitative estimate of drug-likeness (QED) is 0.293. The predicted octanol–water partition coefficient (Wildman–Crippen LogP) is 4.84. The SMILES string of the molecule is [C-]#[N+]c1cc(C#N)cc(O/C(C(=O)CCOCc2ccccc2)=C(/O)CC)c1. The molecule has 0 aliphatic carbocycles. The number of nitrogens with zero attached hydrogens (tertiary/aromatic N) is 2. The van der Waals surface area contributed by atoms with Gasteiger partial charge in [0.05, 0.1) is 25.9 Å². The van der Waals surface area contributed by atoms with E-state index in [-0.39, 0.29) is 48.0 Å². The molecular weight excluding hydrogens is 356 g/mol. The van der Waals surface area contributed by atoms with Crippen LogP contribution >= 0.6 is 0 Å². The number of benzene rings is 2. The Morgan fingerprint density at radius 1 is 1.25 bits per heavy atom. The van der Waals surface area contributed by atoms with Gasteiger partial charge in [0.2, 0.25) is 11.5 Å². The largest absolute Gasteiger partial charge is 0.508 e. The van der Waals surface area contributed by atoms with Crippen molar-refractivity contribution in [1.82, 2.24) is 0 Å². The van der Waals surface area contributed by atoms with Crippen LogP contribution in [-0.2, 0) is 16.1 Å². The fourth-order valence-electron chi connectivity index (χ4n) is 2.37. The van der Waals surface area contributed by atoms with Gasteiger partial charge in [-0.2, -0.15) is 5.26 Å². The average Bonchev–Trinajstić information content (AvgIpc) is 2.74. The van der Waals surface area contributed by atoms with E-state index in [4.69, 9.17) is 21.3 Å². The monoisotopic (exact) mass is 376 g/mol. The zero-order chi connectivity index (χ0) is 20.4. The summed E-state index contributed by atoms with van der Waals surface area (Å²) in [5, 5.41) is 19.2. The van der Waals surface area contributed by atoms with E-state index in [9.17, 15) is 9.90 Å². The molecule has 0 saturated heterocycles. The van der Waals surface area contributed by atoms with Gasteiger partial charge in [-0.25, -0.2) is 4.85 Å². The molecule has 2 aromatic carbocycles. The molecule has 1 N–H and O–H groups in total. The Bertz CT molecular complexity index is 905. The number of Topliss-reactive ketones (excluding diaryl/α,β-unsaturated/α-hetero) is 1. The number of aliphatic hydroxyl groups excluding tert-OH is 1. The maximum atomic E-state index is 12.5. The molecule has 0 heterocycles. The summed E-state index contributed by atoms with van der Waals surface area (Å²) in [4.78, 5) is 15.8. The van der Waals surface area contributed by atoms with Gasteiger partial charge in [-0.3, -0.25) is 4.79 Å². The average molecular weight is 376 g/mol. The van der Waals surface area contributed by atoms with Crippen LogP contribution in [0.5, 0.6) is 5.75 Å². The number of rotatable bonds is 9. The van der Waals surface area contributed by atoms with Crippen LogP contribution in [0.1, 0.15) is 30.9 Å². The van der Waals surface area contributed by atoms with E-state index < -0.39 is 5.78 Å². The summed E-state index contributed by atoms with van der Waals surface area (Å²) in [5.74, 6) is -0.658. The molecule has 6 nitrogen and oxygen atoms in total. The Labute approximate surface area is 164 Å². The van der Waals surface area contributed by atoms with Gasteiger partial charge in [0.25, 0.3) is 0 Å². The predicted molar refractivity (Wildman–Crippen MR) is 104 cm³/mol. The van der Waals surface area contributed by atoms with E-state index >= 15 is 0 Å². The molecule has 142 valence electrons. The Morgan fingerprint density at radius 2 is 2.00 bits per heavy atom. The Morgan fingerprint density at radius 3 is 2.64 bits per heavy atom. The lowest BCUT2D eigenvalue weighted by Gasteiger charge is -2.12. The number of hydrogen-bond acceptors (Lipinski definition) is 5. The van der Waals surface area contributed by atoms with Crippen LogP contribution in [-0.4, -0.2) is 17.5 Å². The van der Waals surface area contributed by atoms with E-state index in [0.29, 0.717) is 6.61 Å². The van der Waals surface area contributed by atoms with Gasteiger partial charge in [0.1, 0.15) is 11.5 Å². The standard InChI is InChI=1S/C22H20N2O4/c1-3-20(25)22(28-19-12-17(14-23)11-18(13-19)24-2)21(26)9-10-27-15-16-7-5-4-6-8-16/h4-8,11-13,25H,3,9-10,15H2,1H3/b22-20+. The van der Waals surface area contributed by atoms with E-state index in [0.717, 1.165) is 5.56 Å². The molecule has 0 aliphatic rings. The molecule has 0 aliphatic heterocycles. The normalized spacial score (nSPS) is 11.1. The van der Waals surface area contributed by atoms with Crippen molar-refractivity contribution in [2.24, 2.45) is 0 Å². The van der Waals surface area contributed by atoms with Crippen molar-refractivity contribution in [2.75, 3.05) is 6.61 Å². The van der Waals surface area contributed by atoms with Crippen molar-refractivity contribution in [3.05, 3.63) is 82.6 Å². The molecule has 0 atom stereocenters. The summed E-state index contributed by atoms with van der Waals surface area (Å²) in [6.45, 7) is 9.34. The molecule has 0 fully saturated rings. The highest BCUT2D eigenvalue weighted by atomic mass is 16.5. The second kappa shape index (κ2) is 10.5. The van der Waals surface area contributed by atoms with Crippen LogP contribution in [0.4, 0.5) is 5.69 Å². The third-order valence-corrected chi connectivity index (χ3v) is 3.80. The highest BCUT2D eigenvalue weighted by molar-refractivity contribution is 5.94. The molecule has 0 amide bonds. The minimum absolute atomic E-state index is 0.0276. The molecule has 2 rings (SSSR count). The molecule has 0 saturated carbocycles. The number of allylic oxidation sites excluding steroid dienone is 2. The summed E-state index contributed by atoms with van der Waals surface area (Å²) < 4.78 is 11.1. The van der Waals surface area contributed by atoms with Crippen LogP contribution < -0.4 is 4.74 Å². The lowest BCUT2D eigenvalue weighted by Crippen LogP contribution is -2.14. The van der Waals surface area contributed by atoms with E-state index in [1.54, 1.807) is 6.92 Å². The van der Waals surface area contributed by atoms with Crippen LogP contribution in [0.25, 0.3) is 4.85 Å². The molecule has 0 spiro atoms. The van der Waals surface area contributed by atoms with Crippen molar-refractivity contribution < 1.29 is 19.4 Å². The summed E-state index contributed by atoms with van der Waals surface area (Å²) in [5.41, 5.74) is 1.44. The highest BCUT2D eigenvalue weighted by Crippen LogP contribution is 2.26. The van der Waals surface area contributed by atoms with Gasteiger partial charge in [0, 0.05) is 18.4 Å². The fraction of sp³-hybridized carbons (Fsp3) is 0.227. The topological polar surface area (TPSA) is 83.9 Å². The van der Waals surface area contributed by atoms with Gasteiger partial charge in [0.15, 0.2) is 5.69 Å². The highest BCUT2D eigenvalue weighted by Gasteiger charge is 2.18. The fourth-order valence-corrected chi connectivity index (χ4v) is 2.37. The number of nitriles is 1. The first-order valence-corrected chi connectivity index (χ1v) is 8.74. The number of ketones is 1. The van der Waals surface area contributed by atoms with Crippen molar-refractivity contribution in [2.45, 2.75) is 26.4 Å². The third kappa shape index (κ3) is 5.98. The Kier molecular flexibility index (Phi) is 7.77. The lowest BCUT2D eigenvalue weighted by atomic mass is 10.2. The Hall–Kier alpha value is -3.61. The van der Waals surface area contributed by atoms with Crippen LogP contribution in [0.2, 0.25) is 0 Å². The summed E-state index contributed by atoms with van der Waals surface area (Å²) in [6.07, 6.45) is 0.236. The number of carbonyl (C=O) groups is 1. The summed E-state index contributed by atoms with van der Waals surface area (Å²) >= 11 is 0. The van der Waals surface area contributed by atoms with Crippen LogP contribution in [0.3, 0.4) is 0 Å². The molecular formula is C22H20N2O4. The maximum absolute atomic E-state index is 12.5. The number of hydrogen-bond donors (Lipinski definition) is 1. The van der Waals surface area contributed by atoms with Gasteiger partial charge < -0.3 is 14.6 Å². The number of ether oxygens (including phenoxy) is 2. The molecule has 28 heavy (non-hydrogen) atoms. The van der Waals surface area contributed by atoms with E-state index in [1.165, 1.54) is 18.2 Å². The summed E-state index contributed by atoms with van der Waals surface area (Å²) in [7, 11) is 0. The number of carbonyl (C=O) groups excluding carboxylic acids is 1. The van der Waals surface area contributed by atoms with Crippen molar-refractivity contribution in [1.29, 1.82) is 5.26 Å². The van der Waals surface area contributed by atoms with Crippen molar-refractivity contribution in [3.63, 3.8) is 0 Å². The zero-order valence-electron chi connectivity index (χ0n) is 15.5. The van der Waals surface area contributed by atoms with Gasteiger partial charge >= 0.3 is 0 Å². The smallest absolute Gasteiger partial charge is 0.207 e. The molecule has 2 aromatic rings. The zero-order valence-corrected chi connectivity index (χ0v) is 15.5. The molecule has 0 unspecified atom stereocenters. The molecule has 6 heteroatoms. The third-order valence-electron chi connectivity index (χ3n) is 3.80. The minimum Gasteiger partial charge on any atom is -0.508 e. The molecule has 0 radical (unpaired) electrons. The van der Waals surface area contributed by atoms with Crippen molar-refractivity contribution in [3.8, 4) is 11.8 Å². The van der Waals surface area contributed by atoms with Gasteiger partial charge in [-0.1, -0.05) is 37.3 Å². The first kappa shape index (κ1) is 20.7. The Balaban J connectivity index is 2.05. The first-order valence-electron chi connectivity index (χ1n) is 8.74. The maximum Gasteiger partial charge on any atom is 0.207 e. The van der Waals surface area contributed by atoms with Crippen LogP contribution in [0, 0.1) is 17.9 Å². The number of aliphatic hydroxyl groups is 1. The van der Waals surface area contributed by atoms with E-state index in [1.807, 2.05) is 36.4 Å². The minimum atomic E-state index is -0.417. The second-order valence-corrected chi connectivity index (χ2v) is 5.88. The molecule has 0 bridgehead atoms. The van der Waals surface area contributed by atoms with Gasteiger partial charge in [-0.05, 0) is 23.8 Å². The first-order chi connectivity index (χ1) is 13.6. The summed E-state index contributed by atoms with van der Waals surface area (Å²) in [6, 6.07) is 15.8. The van der Waals surface area contributed by atoms with Crippen molar-refractivity contribution >= 4 is 11.5 Å². The van der Waals surface area contributed by atoms with Gasteiger partial charge in [-0.15, -0.1) is 0 Å².